The zero-order valence-corrected chi connectivity index (χ0v) is 17.6. The van der Waals surface area contributed by atoms with Gasteiger partial charge in [-0.15, -0.1) is 11.3 Å². The van der Waals surface area contributed by atoms with Crippen LogP contribution >= 0.6 is 11.3 Å². The van der Waals surface area contributed by atoms with E-state index >= 15 is 0 Å². The number of aliphatic imine (C=N–C) groups is 1. The number of guanidine groups is 1. The maximum atomic E-state index is 12.4. The van der Waals surface area contributed by atoms with Crippen LogP contribution in [0.2, 0.25) is 0 Å². The molecule has 0 spiro atoms. The molecule has 0 saturated heterocycles. The first-order valence-corrected chi connectivity index (χ1v) is 9.85. The average Bonchev–Trinajstić information content (AvgIpc) is 2.99. The number of ether oxygens (including phenoxy) is 2. The quantitative estimate of drug-likeness (QED) is 0.490. The number of thiazole rings is 1. The molecular formula is C19H25F3N4O2S. The van der Waals surface area contributed by atoms with E-state index in [2.05, 4.69) is 20.6 Å². The van der Waals surface area contributed by atoms with E-state index in [9.17, 15) is 13.2 Å². The lowest BCUT2D eigenvalue weighted by atomic mass is 10.2. The second-order valence-corrected chi connectivity index (χ2v) is 7.47. The van der Waals surface area contributed by atoms with Crippen LogP contribution in [-0.4, -0.2) is 37.4 Å². The Hall–Kier alpha value is -2.49. The summed E-state index contributed by atoms with van der Waals surface area (Å²) in [7, 11) is 1.38. The van der Waals surface area contributed by atoms with Gasteiger partial charge in [0.05, 0.1) is 25.9 Å². The number of hydrogen-bond acceptors (Lipinski definition) is 5. The van der Waals surface area contributed by atoms with Crippen molar-refractivity contribution in [2.45, 2.75) is 40.0 Å². The van der Waals surface area contributed by atoms with E-state index in [4.69, 9.17) is 9.47 Å². The topological polar surface area (TPSA) is 67.8 Å². The van der Waals surface area contributed by atoms with E-state index in [1.807, 2.05) is 20.8 Å². The van der Waals surface area contributed by atoms with Gasteiger partial charge in [-0.3, -0.25) is 0 Å². The minimum atomic E-state index is -4.41. The normalized spacial score (nSPS) is 12.0. The predicted octanol–water partition coefficient (Wildman–Crippen LogP) is 3.96. The fourth-order valence-corrected chi connectivity index (χ4v) is 3.25. The summed E-state index contributed by atoms with van der Waals surface area (Å²) in [4.78, 5) is 10.2. The number of alkyl halides is 3. The Bertz CT molecular complexity index is 818. The van der Waals surface area contributed by atoms with Crippen LogP contribution in [0.1, 0.15) is 28.1 Å². The van der Waals surface area contributed by atoms with E-state index in [-0.39, 0.29) is 11.5 Å². The monoisotopic (exact) mass is 430 g/mol. The molecule has 0 bridgehead atoms. The first kappa shape index (κ1) is 22.8. The van der Waals surface area contributed by atoms with Gasteiger partial charge in [0.2, 0.25) is 0 Å². The standard InChI is InChI=1S/C19H25F3N4O2S/c1-5-23-18(25-10-17-26-12(2)13(3)29-17)24-9-14-6-7-15(16(8-14)27-4)28-11-19(20,21)22/h6-8H,5,9-11H2,1-4H3,(H2,23,24,25). The number of aromatic nitrogens is 1. The van der Waals surface area contributed by atoms with Crippen molar-refractivity contribution in [1.29, 1.82) is 0 Å². The Balaban J connectivity index is 2.03. The van der Waals surface area contributed by atoms with E-state index in [1.54, 1.807) is 23.5 Å². The highest BCUT2D eigenvalue weighted by molar-refractivity contribution is 7.11. The van der Waals surface area contributed by atoms with Crippen LogP contribution in [-0.2, 0) is 13.1 Å². The molecule has 160 valence electrons. The van der Waals surface area contributed by atoms with Crippen LogP contribution < -0.4 is 20.1 Å². The second kappa shape index (κ2) is 10.3. The maximum Gasteiger partial charge on any atom is 0.422 e. The van der Waals surface area contributed by atoms with E-state index in [0.717, 1.165) is 16.3 Å². The number of benzene rings is 1. The Labute approximate surface area is 172 Å². The third kappa shape index (κ3) is 7.45. The van der Waals surface area contributed by atoms with Crippen molar-refractivity contribution in [1.82, 2.24) is 15.6 Å². The van der Waals surface area contributed by atoms with Gasteiger partial charge in [-0.05, 0) is 38.5 Å². The third-order valence-electron chi connectivity index (χ3n) is 3.86. The predicted molar refractivity (Wildman–Crippen MR) is 108 cm³/mol. The Kier molecular flexibility index (Phi) is 8.12. The fourth-order valence-electron chi connectivity index (χ4n) is 2.38. The SMILES string of the molecule is CCNC(=NCc1ccc(OCC(F)(F)F)c(OC)c1)NCc1nc(C)c(C)s1. The van der Waals surface area contributed by atoms with Crippen LogP contribution in [0.3, 0.4) is 0 Å². The van der Waals surface area contributed by atoms with Gasteiger partial charge in [-0.2, -0.15) is 13.2 Å². The average molecular weight is 430 g/mol. The van der Waals surface area contributed by atoms with Crippen molar-refractivity contribution >= 4 is 17.3 Å². The van der Waals surface area contributed by atoms with Crippen LogP contribution in [0.15, 0.2) is 23.2 Å². The molecule has 0 amide bonds. The number of nitrogens with one attached hydrogen (secondary N) is 2. The summed E-state index contributed by atoms with van der Waals surface area (Å²) in [5, 5.41) is 7.36. The molecule has 2 rings (SSSR count). The van der Waals surface area contributed by atoms with Gasteiger partial charge in [0.25, 0.3) is 0 Å². The number of nitrogens with zero attached hydrogens (tertiary/aromatic N) is 2. The van der Waals surface area contributed by atoms with Gasteiger partial charge in [-0.25, -0.2) is 9.98 Å². The first-order valence-electron chi connectivity index (χ1n) is 9.03. The van der Waals surface area contributed by atoms with Crippen molar-refractivity contribution < 1.29 is 22.6 Å². The number of methoxy groups -OCH3 is 1. The molecule has 0 unspecified atom stereocenters. The van der Waals surface area contributed by atoms with Gasteiger partial charge in [0, 0.05) is 11.4 Å². The molecule has 1 aromatic heterocycles. The molecule has 0 aliphatic heterocycles. The molecule has 0 aliphatic rings. The highest BCUT2D eigenvalue weighted by Gasteiger charge is 2.29. The summed E-state index contributed by atoms with van der Waals surface area (Å²) in [6.45, 7) is 6.17. The lowest BCUT2D eigenvalue weighted by molar-refractivity contribution is -0.153. The van der Waals surface area contributed by atoms with Crippen molar-refractivity contribution in [2.24, 2.45) is 4.99 Å². The Morgan fingerprint density at radius 2 is 1.97 bits per heavy atom. The Morgan fingerprint density at radius 1 is 1.21 bits per heavy atom. The number of rotatable bonds is 8. The molecular weight excluding hydrogens is 405 g/mol. The van der Waals surface area contributed by atoms with Crippen LogP contribution in [0.4, 0.5) is 13.2 Å². The second-order valence-electron chi connectivity index (χ2n) is 6.19. The summed E-state index contributed by atoms with van der Waals surface area (Å²) >= 11 is 1.63. The van der Waals surface area contributed by atoms with Gasteiger partial charge in [-0.1, -0.05) is 6.07 Å². The number of halogens is 3. The highest BCUT2D eigenvalue weighted by Crippen LogP contribution is 2.30. The van der Waals surface area contributed by atoms with Crippen LogP contribution in [0.25, 0.3) is 0 Å². The summed E-state index contributed by atoms with van der Waals surface area (Å²) in [5.41, 5.74) is 1.80. The molecule has 0 saturated carbocycles. The lowest BCUT2D eigenvalue weighted by Gasteiger charge is -2.13. The Morgan fingerprint density at radius 3 is 2.55 bits per heavy atom. The summed E-state index contributed by atoms with van der Waals surface area (Å²) in [6.07, 6.45) is -4.41. The van der Waals surface area contributed by atoms with Crippen molar-refractivity contribution in [3.8, 4) is 11.5 Å². The van der Waals surface area contributed by atoms with Gasteiger partial charge < -0.3 is 20.1 Å². The minimum absolute atomic E-state index is 0.0390. The van der Waals surface area contributed by atoms with Crippen molar-refractivity contribution in [3.63, 3.8) is 0 Å². The minimum Gasteiger partial charge on any atom is -0.493 e. The zero-order chi connectivity index (χ0) is 21.4. The van der Waals surface area contributed by atoms with Crippen LogP contribution in [0.5, 0.6) is 11.5 Å². The van der Waals surface area contributed by atoms with Gasteiger partial charge >= 0.3 is 6.18 Å². The van der Waals surface area contributed by atoms with E-state index < -0.39 is 12.8 Å². The maximum absolute atomic E-state index is 12.4. The molecule has 1 heterocycles. The molecule has 0 radical (unpaired) electrons. The highest BCUT2D eigenvalue weighted by atomic mass is 32.1. The molecule has 2 N–H and O–H groups in total. The zero-order valence-electron chi connectivity index (χ0n) is 16.8. The van der Waals surface area contributed by atoms with Crippen molar-refractivity contribution in [3.05, 3.63) is 39.3 Å². The number of hydrogen-bond donors (Lipinski definition) is 2. The summed E-state index contributed by atoms with van der Waals surface area (Å²) < 4.78 is 47.0. The van der Waals surface area contributed by atoms with Gasteiger partial charge in [0.15, 0.2) is 24.1 Å². The largest absolute Gasteiger partial charge is 0.493 e. The summed E-state index contributed by atoms with van der Waals surface area (Å²) in [6, 6.07) is 4.73. The van der Waals surface area contributed by atoms with E-state index in [0.29, 0.717) is 25.6 Å². The molecule has 6 nitrogen and oxygen atoms in total. The molecule has 0 atom stereocenters. The van der Waals surface area contributed by atoms with Crippen molar-refractivity contribution in [2.75, 3.05) is 20.3 Å². The summed E-state index contributed by atoms with van der Waals surface area (Å²) in [5.74, 6) is 0.889. The molecule has 2 aromatic rings. The van der Waals surface area contributed by atoms with E-state index in [1.165, 1.54) is 18.1 Å². The lowest BCUT2D eigenvalue weighted by Crippen LogP contribution is -2.36. The smallest absolute Gasteiger partial charge is 0.422 e. The molecule has 1 aromatic carbocycles. The van der Waals surface area contributed by atoms with Crippen LogP contribution in [0, 0.1) is 13.8 Å². The fraction of sp³-hybridized carbons (Fsp3) is 0.474. The third-order valence-corrected chi connectivity index (χ3v) is 4.94. The molecule has 10 heteroatoms. The molecule has 0 aliphatic carbocycles. The van der Waals surface area contributed by atoms with Gasteiger partial charge in [0.1, 0.15) is 5.01 Å². The molecule has 0 fully saturated rings. The number of aryl methyl sites for hydroxylation is 2. The first-order chi connectivity index (χ1) is 13.7. The molecule has 29 heavy (non-hydrogen) atoms.